The van der Waals surface area contributed by atoms with Gasteiger partial charge in [-0.05, 0) is 24.6 Å². The minimum Gasteiger partial charge on any atom is -0.380 e. The van der Waals surface area contributed by atoms with Gasteiger partial charge in [0.15, 0.2) is 0 Å². The fourth-order valence-corrected chi connectivity index (χ4v) is 4.05. The zero-order valence-electron chi connectivity index (χ0n) is 15.3. The average molecular weight is 385 g/mol. The molecule has 6 nitrogen and oxygen atoms in total. The molecule has 1 aromatic heterocycles. The number of amides is 1. The van der Waals surface area contributed by atoms with Crippen LogP contribution >= 0.6 is 0 Å². The lowest BCUT2D eigenvalue weighted by molar-refractivity contribution is -0.132. The third-order valence-electron chi connectivity index (χ3n) is 5.40. The van der Waals surface area contributed by atoms with Crippen LogP contribution in [0.4, 0.5) is 14.5 Å². The Morgan fingerprint density at radius 1 is 1.39 bits per heavy atom. The Bertz CT molecular complexity index is 930. The van der Waals surface area contributed by atoms with Gasteiger partial charge in [0.25, 0.3) is 0 Å². The summed E-state index contributed by atoms with van der Waals surface area (Å²) in [6, 6.07) is 7.96. The topological polar surface area (TPSA) is 72.3 Å². The first kappa shape index (κ1) is 18.6. The van der Waals surface area contributed by atoms with Crippen LogP contribution in [0.25, 0.3) is 10.9 Å². The first-order chi connectivity index (χ1) is 13.5. The maximum atomic E-state index is 13.9. The highest BCUT2D eigenvalue weighted by atomic mass is 19.1. The van der Waals surface area contributed by atoms with E-state index >= 15 is 0 Å². The van der Waals surface area contributed by atoms with Crippen LogP contribution in [-0.4, -0.2) is 65.1 Å². The molecule has 0 spiro atoms. The summed E-state index contributed by atoms with van der Waals surface area (Å²) in [5, 5.41) is 13.3. The highest BCUT2D eigenvalue weighted by Gasteiger charge is 2.36. The molecule has 0 saturated carbocycles. The monoisotopic (exact) mass is 385 g/mol. The number of carbonyl (C=O) groups excluding carboxylic acids is 1. The molecule has 0 radical (unpaired) electrons. The standard InChI is InChI=1S/C20H21F2N5O/c21-13-7-18-17(2-1-4-24-18)19(8-13)25-15-3-5-26(11-15)12-20(28)27-10-14(22)6-16(27)9-23/h1-2,4,7-8,14-16,25H,3,5-6,10-12H2/t14-,15+,16?/m0/s1. The Balaban J connectivity index is 1.39. The molecule has 2 aliphatic heterocycles. The van der Waals surface area contributed by atoms with E-state index < -0.39 is 12.2 Å². The molecule has 1 unspecified atom stereocenters. The fourth-order valence-electron chi connectivity index (χ4n) is 4.05. The number of aromatic nitrogens is 1. The van der Waals surface area contributed by atoms with Crippen LogP contribution in [0, 0.1) is 17.1 Å². The molecular formula is C20H21F2N5O. The third kappa shape index (κ3) is 3.76. The lowest BCUT2D eigenvalue weighted by atomic mass is 10.1. The largest absolute Gasteiger partial charge is 0.380 e. The predicted molar refractivity (Wildman–Crippen MR) is 101 cm³/mol. The first-order valence-corrected chi connectivity index (χ1v) is 9.40. The van der Waals surface area contributed by atoms with Crippen LogP contribution in [0.3, 0.4) is 0 Å². The Morgan fingerprint density at radius 2 is 2.25 bits per heavy atom. The van der Waals surface area contributed by atoms with E-state index in [2.05, 4.69) is 10.3 Å². The molecule has 8 heteroatoms. The van der Waals surface area contributed by atoms with Crippen LogP contribution in [0.15, 0.2) is 30.5 Å². The quantitative estimate of drug-likeness (QED) is 0.875. The zero-order valence-corrected chi connectivity index (χ0v) is 15.3. The number of likely N-dealkylation sites (tertiary alicyclic amines) is 2. The van der Waals surface area contributed by atoms with E-state index in [9.17, 15) is 13.6 Å². The summed E-state index contributed by atoms with van der Waals surface area (Å²) in [6.45, 7) is 1.48. The van der Waals surface area contributed by atoms with Crippen molar-refractivity contribution in [3.8, 4) is 6.07 Å². The number of nitrogens with one attached hydrogen (secondary N) is 1. The molecular weight excluding hydrogens is 364 g/mol. The molecule has 1 N–H and O–H groups in total. The second-order valence-corrected chi connectivity index (χ2v) is 7.41. The maximum Gasteiger partial charge on any atom is 0.237 e. The molecule has 2 fully saturated rings. The van der Waals surface area contributed by atoms with Crippen LogP contribution in [-0.2, 0) is 4.79 Å². The Labute approximate surface area is 161 Å². The van der Waals surface area contributed by atoms with Crippen LogP contribution in [0.5, 0.6) is 0 Å². The van der Waals surface area contributed by atoms with Gasteiger partial charge in [0.2, 0.25) is 5.91 Å². The van der Waals surface area contributed by atoms with Gasteiger partial charge in [-0.15, -0.1) is 0 Å². The number of hydrogen-bond donors (Lipinski definition) is 1. The van der Waals surface area contributed by atoms with E-state index in [1.54, 1.807) is 6.20 Å². The van der Waals surface area contributed by atoms with Crippen molar-refractivity contribution in [1.82, 2.24) is 14.8 Å². The number of pyridine rings is 1. The number of alkyl halides is 1. The van der Waals surface area contributed by atoms with Crippen molar-refractivity contribution in [1.29, 1.82) is 5.26 Å². The number of anilines is 1. The molecule has 146 valence electrons. The number of fused-ring (bicyclic) bond motifs is 1. The molecule has 1 aromatic carbocycles. The number of hydrogen-bond acceptors (Lipinski definition) is 5. The van der Waals surface area contributed by atoms with Gasteiger partial charge in [0.05, 0.1) is 24.7 Å². The molecule has 0 aliphatic carbocycles. The summed E-state index contributed by atoms with van der Waals surface area (Å²) in [6.07, 6.45) is 1.39. The third-order valence-corrected chi connectivity index (χ3v) is 5.40. The number of nitrogens with zero attached hydrogens (tertiary/aromatic N) is 4. The van der Waals surface area contributed by atoms with E-state index in [1.165, 1.54) is 17.0 Å². The molecule has 2 saturated heterocycles. The van der Waals surface area contributed by atoms with Crippen molar-refractivity contribution in [2.45, 2.75) is 31.1 Å². The van der Waals surface area contributed by atoms with Gasteiger partial charge < -0.3 is 10.2 Å². The van der Waals surface area contributed by atoms with Crippen LogP contribution < -0.4 is 5.32 Å². The molecule has 1 amide bonds. The molecule has 2 aromatic rings. The lowest BCUT2D eigenvalue weighted by Gasteiger charge is -2.23. The fraction of sp³-hybridized carbons (Fsp3) is 0.450. The zero-order chi connectivity index (χ0) is 19.7. The smallest absolute Gasteiger partial charge is 0.237 e. The predicted octanol–water partition coefficient (Wildman–Crippen LogP) is 2.32. The normalized spacial score (nSPS) is 25.2. The molecule has 0 bridgehead atoms. The highest BCUT2D eigenvalue weighted by molar-refractivity contribution is 5.91. The second kappa shape index (κ2) is 7.68. The van der Waals surface area contributed by atoms with Crippen molar-refractivity contribution >= 4 is 22.5 Å². The minimum absolute atomic E-state index is 0.00510. The molecule has 3 atom stereocenters. The number of benzene rings is 1. The van der Waals surface area contributed by atoms with Gasteiger partial charge >= 0.3 is 0 Å². The molecule has 4 rings (SSSR count). The van der Waals surface area contributed by atoms with Gasteiger partial charge in [-0.3, -0.25) is 14.7 Å². The summed E-state index contributed by atoms with van der Waals surface area (Å²) in [7, 11) is 0. The summed E-state index contributed by atoms with van der Waals surface area (Å²) >= 11 is 0. The van der Waals surface area contributed by atoms with Crippen LogP contribution in [0.2, 0.25) is 0 Å². The van der Waals surface area contributed by atoms with E-state index in [0.717, 1.165) is 11.8 Å². The number of nitriles is 1. The van der Waals surface area contributed by atoms with Gasteiger partial charge in [-0.2, -0.15) is 5.26 Å². The second-order valence-electron chi connectivity index (χ2n) is 7.41. The lowest BCUT2D eigenvalue weighted by Crippen LogP contribution is -2.42. The first-order valence-electron chi connectivity index (χ1n) is 9.40. The average Bonchev–Trinajstić information content (AvgIpc) is 3.27. The molecule has 2 aliphatic rings. The van der Waals surface area contributed by atoms with Crippen molar-refractivity contribution < 1.29 is 13.6 Å². The SMILES string of the molecule is N#CC1C[C@H](F)CN1C(=O)CN1CC[C@@H](Nc2cc(F)cc3ncccc23)C1. The van der Waals surface area contributed by atoms with Crippen molar-refractivity contribution in [2.75, 3.05) is 31.5 Å². The Hall–Kier alpha value is -2.79. The van der Waals surface area contributed by atoms with Crippen molar-refractivity contribution in [2.24, 2.45) is 0 Å². The minimum atomic E-state index is -1.13. The number of halogens is 2. The summed E-state index contributed by atoms with van der Waals surface area (Å²) in [5.41, 5.74) is 1.28. The molecule has 28 heavy (non-hydrogen) atoms. The summed E-state index contributed by atoms with van der Waals surface area (Å²) < 4.78 is 27.4. The number of rotatable bonds is 4. The van der Waals surface area contributed by atoms with Gasteiger partial charge in [0, 0.05) is 48.9 Å². The van der Waals surface area contributed by atoms with E-state index in [4.69, 9.17) is 5.26 Å². The Kier molecular flexibility index (Phi) is 5.09. The van der Waals surface area contributed by atoms with Gasteiger partial charge in [-0.1, -0.05) is 0 Å². The van der Waals surface area contributed by atoms with E-state index in [1.807, 2.05) is 23.1 Å². The molecule has 3 heterocycles. The number of carbonyl (C=O) groups is 1. The Morgan fingerprint density at radius 3 is 3.07 bits per heavy atom. The van der Waals surface area contributed by atoms with Crippen molar-refractivity contribution in [3.05, 3.63) is 36.3 Å². The van der Waals surface area contributed by atoms with Crippen LogP contribution in [0.1, 0.15) is 12.8 Å². The van der Waals surface area contributed by atoms with Gasteiger partial charge in [0.1, 0.15) is 18.0 Å². The maximum absolute atomic E-state index is 13.9. The highest BCUT2D eigenvalue weighted by Crippen LogP contribution is 2.26. The summed E-state index contributed by atoms with van der Waals surface area (Å²) in [5.74, 6) is -0.566. The van der Waals surface area contributed by atoms with E-state index in [0.29, 0.717) is 24.3 Å². The van der Waals surface area contributed by atoms with E-state index in [-0.39, 0.29) is 37.3 Å². The van der Waals surface area contributed by atoms with Crippen molar-refractivity contribution in [3.63, 3.8) is 0 Å². The summed E-state index contributed by atoms with van der Waals surface area (Å²) in [4.78, 5) is 20.0. The van der Waals surface area contributed by atoms with Gasteiger partial charge in [-0.25, -0.2) is 8.78 Å².